The van der Waals surface area contributed by atoms with E-state index >= 15 is 0 Å². The molecule has 4 rings (SSSR count). The number of benzene rings is 1. The molecule has 0 saturated heterocycles. The third kappa shape index (κ3) is 3.03. The van der Waals surface area contributed by atoms with Gasteiger partial charge in [0.2, 0.25) is 5.91 Å². The van der Waals surface area contributed by atoms with E-state index in [1.54, 1.807) is 0 Å². The molecule has 11 nitrogen and oxygen atoms in total. The third-order valence-electron chi connectivity index (χ3n) is 7.13. The maximum Gasteiger partial charge on any atom is 0.294 e. The summed E-state index contributed by atoms with van der Waals surface area (Å²) in [7, 11) is 2.76. The second-order valence-electron chi connectivity index (χ2n) is 9.25. The lowest BCUT2D eigenvalue weighted by molar-refractivity contribution is -0.175. The lowest BCUT2D eigenvalue weighted by Crippen LogP contribution is -2.68. The fourth-order valence-corrected chi connectivity index (χ4v) is 5.50. The molecule has 178 valence electrons. The summed E-state index contributed by atoms with van der Waals surface area (Å²) < 4.78 is 0. The Bertz CT molecular complexity index is 1220. The first-order valence-electron chi connectivity index (χ1n) is 10.6. The van der Waals surface area contributed by atoms with Gasteiger partial charge in [0.15, 0.2) is 34.7 Å². The standard InChI is InChI=1S/C23H22N2O9/c1-25(2)22(33)17(28)10-3-4-12(26)15-11(10)6-8-5-9-7-13(27)16(21(24)32)20(31)23(9,34)19(30)14(8)18(15)29/h3-4,8-9,14,16,26,34H,5-7H2,1-2H3,(H2,24,32)/t8-,9+,14?,16?,23+/m1/s1. The van der Waals surface area contributed by atoms with Gasteiger partial charge in [-0.05, 0) is 36.5 Å². The zero-order valence-corrected chi connectivity index (χ0v) is 18.4. The van der Waals surface area contributed by atoms with E-state index in [1.165, 1.54) is 20.2 Å². The van der Waals surface area contributed by atoms with Gasteiger partial charge in [0.1, 0.15) is 5.75 Å². The van der Waals surface area contributed by atoms with Crippen LogP contribution in [-0.2, 0) is 30.4 Å². The number of phenolic OH excluding ortho intramolecular Hbond substituents is 1. The van der Waals surface area contributed by atoms with Crippen LogP contribution < -0.4 is 5.73 Å². The quantitative estimate of drug-likeness (QED) is 0.271. The number of aliphatic hydroxyl groups is 1. The van der Waals surface area contributed by atoms with E-state index in [0.717, 1.165) is 11.0 Å². The predicted octanol–water partition coefficient (Wildman–Crippen LogP) is -1.40. The summed E-state index contributed by atoms with van der Waals surface area (Å²) in [6, 6.07) is 2.28. The van der Waals surface area contributed by atoms with Gasteiger partial charge in [-0.15, -0.1) is 0 Å². The number of amides is 2. The maximum absolute atomic E-state index is 13.4. The summed E-state index contributed by atoms with van der Waals surface area (Å²) in [5.74, 6) is -13.3. The molecule has 4 N–H and O–H groups in total. The summed E-state index contributed by atoms with van der Waals surface area (Å²) in [6.45, 7) is 0. The molecule has 3 aliphatic rings. The molecular weight excluding hydrogens is 448 g/mol. The minimum atomic E-state index is -2.74. The number of hydrogen-bond donors (Lipinski definition) is 3. The molecule has 2 saturated carbocycles. The van der Waals surface area contributed by atoms with Crippen molar-refractivity contribution in [1.29, 1.82) is 0 Å². The van der Waals surface area contributed by atoms with Crippen molar-refractivity contribution < 1.29 is 43.8 Å². The summed E-state index contributed by atoms with van der Waals surface area (Å²) in [4.78, 5) is 89.7. The molecule has 34 heavy (non-hydrogen) atoms. The molecule has 0 radical (unpaired) electrons. The molecule has 1 aromatic rings. The number of carbonyl (C=O) groups is 7. The van der Waals surface area contributed by atoms with Crippen molar-refractivity contribution >= 4 is 40.7 Å². The van der Waals surface area contributed by atoms with Gasteiger partial charge in [0, 0.05) is 32.0 Å². The number of carbonyl (C=O) groups excluding carboxylic acids is 7. The van der Waals surface area contributed by atoms with Crippen molar-refractivity contribution in [3.05, 3.63) is 28.8 Å². The number of ketones is 5. The molecule has 2 amide bonds. The number of fused-ring (bicyclic) bond motifs is 3. The predicted molar refractivity (Wildman–Crippen MR) is 112 cm³/mol. The molecular formula is C23H22N2O9. The number of nitrogens with two attached hydrogens (primary N) is 1. The number of aromatic hydroxyl groups is 1. The molecule has 0 aliphatic heterocycles. The Kier molecular flexibility index (Phi) is 5.28. The molecule has 0 spiro atoms. The zero-order valence-electron chi connectivity index (χ0n) is 18.4. The van der Waals surface area contributed by atoms with Crippen LogP contribution in [-0.4, -0.2) is 75.5 Å². The lowest BCUT2D eigenvalue weighted by Gasteiger charge is -2.48. The smallest absolute Gasteiger partial charge is 0.294 e. The Balaban J connectivity index is 1.81. The average molecular weight is 470 g/mol. The number of Topliss-reactive ketones (excluding diaryl/α,β-unsaturated/α-hetero) is 5. The Morgan fingerprint density at radius 3 is 2.29 bits per heavy atom. The van der Waals surface area contributed by atoms with Crippen LogP contribution in [0, 0.1) is 23.7 Å². The van der Waals surface area contributed by atoms with Gasteiger partial charge in [-0.1, -0.05) is 0 Å². The van der Waals surface area contributed by atoms with Gasteiger partial charge in [-0.2, -0.15) is 0 Å². The molecule has 5 atom stereocenters. The fourth-order valence-electron chi connectivity index (χ4n) is 5.50. The van der Waals surface area contributed by atoms with Crippen LogP contribution >= 0.6 is 0 Å². The first-order valence-corrected chi connectivity index (χ1v) is 10.6. The Morgan fingerprint density at radius 1 is 1.06 bits per heavy atom. The summed E-state index contributed by atoms with van der Waals surface area (Å²) >= 11 is 0. The van der Waals surface area contributed by atoms with Gasteiger partial charge in [0.25, 0.3) is 11.7 Å². The Labute approximate surface area is 192 Å². The van der Waals surface area contributed by atoms with Crippen molar-refractivity contribution in [2.24, 2.45) is 29.4 Å². The molecule has 2 fully saturated rings. The van der Waals surface area contributed by atoms with Crippen molar-refractivity contribution in [2.75, 3.05) is 14.1 Å². The normalized spacial score (nSPS) is 30.2. The number of nitrogens with zero attached hydrogens (tertiary/aromatic N) is 1. The van der Waals surface area contributed by atoms with Crippen LogP contribution in [0.15, 0.2) is 12.1 Å². The van der Waals surface area contributed by atoms with Crippen molar-refractivity contribution in [3.63, 3.8) is 0 Å². The van der Waals surface area contributed by atoms with Crippen LogP contribution in [0.3, 0.4) is 0 Å². The highest BCUT2D eigenvalue weighted by molar-refractivity contribution is 6.43. The first kappa shape index (κ1) is 23.4. The van der Waals surface area contributed by atoms with E-state index < -0.39 is 82.2 Å². The van der Waals surface area contributed by atoms with E-state index in [0.29, 0.717) is 0 Å². The van der Waals surface area contributed by atoms with Gasteiger partial charge in [0.05, 0.1) is 11.5 Å². The highest BCUT2D eigenvalue weighted by Crippen LogP contribution is 2.50. The van der Waals surface area contributed by atoms with Crippen molar-refractivity contribution in [3.8, 4) is 5.75 Å². The zero-order chi connectivity index (χ0) is 25.3. The third-order valence-corrected chi connectivity index (χ3v) is 7.13. The number of primary amides is 1. The molecule has 11 heteroatoms. The molecule has 0 aromatic heterocycles. The van der Waals surface area contributed by atoms with E-state index in [1.807, 2.05) is 0 Å². The van der Waals surface area contributed by atoms with Gasteiger partial charge >= 0.3 is 0 Å². The number of likely N-dealkylation sites (N-methyl/N-ethyl adjacent to an activating group) is 1. The minimum Gasteiger partial charge on any atom is -0.507 e. The number of phenols is 1. The van der Waals surface area contributed by atoms with Crippen LogP contribution in [0.1, 0.15) is 39.1 Å². The maximum atomic E-state index is 13.4. The lowest BCUT2D eigenvalue weighted by atomic mass is 9.53. The van der Waals surface area contributed by atoms with Crippen LogP contribution in [0.5, 0.6) is 5.75 Å². The van der Waals surface area contributed by atoms with E-state index in [2.05, 4.69) is 0 Å². The summed E-state index contributed by atoms with van der Waals surface area (Å²) in [5, 5.41) is 21.5. The van der Waals surface area contributed by atoms with Gasteiger partial charge in [-0.3, -0.25) is 33.6 Å². The Morgan fingerprint density at radius 2 is 1.71 bits per heavy atom. The molecule has 2 unspecified atom stereocenters. The molecule has 0 bridgehead atoms. The summed E-state index contributed by atoms with van der Waals surface area (Å²) in [6.07, 6.45) is -0.648. The van der Waals surface area contributed by atoms with Gasteiger partial charge < -0.3 is 20.8 Å². The minimum absolute atomic E-state index is 0.0815. The highest BCUT2D eigenvalue weighted by atomic mass is 16.3. The topological polar surface area (TPSA) is 189 Å². The Hall–Kier alpha value is -3.73. The van der Waals surface area contributed by atoms with Crippen molar-refractivity contribution in [1.82, 2.24) is 4.90 Å². The van der Waals surface area contributed by atoms with Gasteiger partial charge in [-0.25, -0.2) is 0 Å². The fraction of sp³-hybridized carbons (Fsp3) is 0.435. The summed E-state index contributed by atoms with van der Waals surface area (Å²) in [5.41, 5.74) is 2.05. The molecule has 1 aromatic carbocycles. The van der Waals surface area contributed by atoms with Crippen LogP contribution in [0.4, 0.5) is 0 Å². The number of hydrogen-bond acceptors (Lipinski definition) is 9. The molecule has 0 heterocycles. The highest BCUT2D eigenvalue weighted by Gasteiger charge is 2.66. The van der Waals surface area contributed by atoms with E-state index in [-0.39, 0.29) is 29.5 Å². The largest absolute Gasteiger partial charge is 0.507 e. The van der Waals surface area contributed by atoms with Crippen LogP contribution in [0.25, 0.3) is 0 Å². The van der Waals surface area contributed by atoms with Crippen LogP contribution in [0.2, 0.25) is 0 Å². The van der Waals surface area contributed by atoms with Crippen molar-refractivity contribution in [2.45, 2.75) is 24.9 Å². The molecule has 3 aliphatic carbocycles. The monoisotopic (exact) mass is 470 g/mol. The second-order valence-corrected chi connectivity index (χ2v) is 9.25. The van der Waals surface area contributed by atoms with E-state index in [4.69, 9.17) is 5.73 Å². The average Bonchev–Trinajstić information content (AvgIpc) is 2.75. The number of rotatable bonds is 3. The SMILES string of the molecule is CN(C)C(=O)C(=O)c1ccc(O)c2c1C[C@H]1C[C@H]3CC(=O)C(C(N)=O)C(=O)[C@@]3(O)C(=O)C1C2=O. The van der Waals surface area contributed by atoms with E-state index in [9.17, 15) is 43.8 Å². The second kappa shape index (κ2) is 7.66. The first-order chi connectivity index (χ1) is 15.8.